The minimum Gasteiger partial charge on any atom is -0.385 e. The first-order valence-corrected chi connectivity index (χ1v) is 4.48. The van der Waals surface area contributed by atoms with Crippen molar-refractivity contribution in [2.24, 2.45) is 0 Å². The first-order chi connectivity index (χ1) is 6.70. The normalized spacial score (nSPS) is 13.0. The molecule has 1 aromatic carbocycles. The molecule has 1 aromatic heterocycles. The number of carbonyl (C=O) groups excluding carboxylic acids is 1. The topological polar surface area (TPSA) is 53.1 Å². The third-order valence-electron chi connectivity index (χ3n) is 2.23. The Balaban J connectivity index is 2.58. The second-order valence-corrected chi connectivity index (χ2v) is 3.29. The maximum absolute atomic E-state index is 11.5. The highest BCUT2D eigenvalue weighted by atomic mass is 16.3. The minimum atomic E-state index is -0.950. The fraction of sp³-hybridized carbons (Fsp3) is 0.182. The number of aromatic nitrogens is 1. The second kappa shape index (κ2) is 3.27. The van der Waals surface area contributed by atoms with Gasteiger partial charge in [0.2, 0.25) is 0 Å². The van der Waals surface area contributed by atoms with Gasteiger partial charge in [0.25, 0.3) is 0 Å². The number of aromatic amines is 1. The number of nitrogens with one attached hydrogen (secondary N) is 1. The quantitative estimate of drug-likeness (QED) is 0.707. The van der Waals surface area contributed by atoms with Crippen LogP contribution < -0.4 is 0 Å². The average Bonchev–Trinajstić information content (AvgIpc) is 2.60. The number of ketones is 1. The van der Waals surface area contributed by atoms with Crippen LogP contribution in [0.1, 0.15) is 17.3 Å². The molecule has 72 valence electrons. The third kappa shape index (κ3) is 1.32. The van der Waals surface area contributed by atoms with Crippen LogP contribution in [0.15, 0.2) is 30.5 Å². The zero-order chi connectivity index (χ0) is 10.1. The highest BCUT2D eigenvalue weighted by Crippen LogP contribution is 2.18. The number of benzene rings is 1. The molecule has 0 aliphatic carbocycles. The Bertz CT molecular complexity index is 471. The molecule has 1 unspecified atom stereocenters. The van der Waals surface area contributed by atoms with Crippen LogP contribution in [0.3, 0.4) is 0 Å². The van der Waals surface area contributed by atoms with Crippen molar-refractivity contribution < 1.29 is 9.90 Å². The number of aliphatic hydroxyl groups is 1. The molecule has 1 heterocycles. The van der Waals surface area contributed by atoms with Crippen molar-refractivity contribution in [2.45, 2.75) is 13.0 Å². The zero-order valence-corrected chi connectivity index (χ0v) is 7.82. The number of aliphatic hydroxyl groups excluding tert-OH is 1. The van der Waals surface area contributed by atoms with Crippen molar-refractivity contribution in [3.63, 3.8) is 0 Å². The number of rotatable bonds is 2. The Morgan fingerprint density at radius 3 is 2.86 bits per heavy atom. The molecule has 2 rings (SSSR count). The van der Waals surface area contributed by atoms with Gasteiger partial charge < -0.3 is 10.1 Å². The van der Waals surface area contributed by atoms with Crippen molar-refractivity contribution in [1.82, 2.24) is 4.98 Å². The highest BCUT2D eigenvalue weighted by molar-refractivity contribution is 6.09. The number of carbonyl (C=O) groups is 1. The molecule has 0 saturated carbocycles. The van der Waals surface area contributed by atoms with E-state index in [2.05, 4.69) is 4.98 Å². The molecule has 1 atom stereocenters. The largest absolute Gasteiger partial charge is 0.385 e. The summed E-state index contributed by atoms with van der Waals surface area (Å²) in [6, 6.07) is 7.53. The minimum absolute atomic E-state index is 0.248. The van der Waals surface area contributed by atoms with Crippen molar-refractivity contribution >= 4 is 16.7 Å². The fourth-order valence-corrected chi connectivity index (χ4v) is 1.50. The van der Waals surface area contributed by atoms with Gasteiger partial charge in [-0.2, -0.15) is 0 Å². The standard InChI is InChI=1S/C11H11NO2/c1-7(13)11(14)9-6-12-10-5-3-2-4-8(9)10/h2-7,12-13H,1H3. The van der Waals surface area contributed by atoms with Gasteiger partial charge >= 0.3 is 0 Å². The van der Waals surface area contributed by atoms with E-state index in [1.165, 1.54) is 6.92 Å². The van der Waals surface area contributed by atoms with Crippen molar-refractivity contribution in [3.05, 3.63) is 36.0 Å². The van der Waals surface area contributed by atoms with Crippen LogP contribution in [-0.4, -0.2) is 22.0 Å². The summed E-state index contributed by atoms with van der Waals surface area (Å²) < 4.78 is 0. The summed E-state index contributed by atoms with van der Waals surface area (Å²) in [5, 5.41) is 10.0. The van der Waals surface area contributed by atoms with Crippen LogP contribution in [0.25, 0.3) is 10.9 Å². The zero-order valence-electron chi connectivity index (χ0n) is 7.82. The number of Topliss-reactive ketones (excluding diaryl/α,β-unsaturated/α-hetero) is 1. The monoisotopic (exact) mass is 189 g/mol. The first-order valence-electron chi connectivity index (χ1n) is 4.48. The Morgan fingerprint density at radius 2 is 2.14 bits per heavy atom. The van der Waals surface area contributed by atoms with Gasteiger partial charge in [-0.1, -0.05) is 18.2 Å². The predicted molar refractivity (Wildman–Crippen MR) is 54.3 cm³/mol. The SMILES string of the molecule is CC(O)C(=O)c1c[nH]c2ccccc12. The lowest BCUT2D eigenvalue weighted by atomic mass is 10.1. The second-order valence-electron chi connectivity index (χ2n) is 3.29. The number of hydrogen-bond acceptors (Lipinski definition) is 2. The van der Waals surface area contributed by atoms with E-state index >= 15 is 0 Å². The highest BCUT2D eigenvalue weighted by Gasteiger charge is 2.15. The van der Waals surface area contributed by atoms with Gasteiger partial charge in [0.15, 0.2) is 5.78 Å². The summed E-state index contributed by atoms with van der Waals surface area (Å²) in [5.74, 6) is -0.248. The lowest BCUT2D eigenvalue weighted by molar-refractivity contribution is 0.0781. The summed E-state index contributed by atoms with van der Waals surface area (Å²) in [5.41, 5.74) is 1.46. The van der Waals surface area contributed by atoms with E-state index in [0.717, 1.165) is 10.9 Å². The molecule has 2 aromatic rings. The van der Waals surface area contributed by atoms with Gasteiger partial charge in [0.1, 0.15) is 6.10 Å². The predicted octanol–water partition coefficient (Wildman–Crippen LogP) is 1.73. The Labute approximate surface area is 81.4 Å². The third-order valence-corrected chi connectivity index (χ3v) is 2.23. The lowest BCUT2D eigenvalue weighted by Crippen LogP contribution is -2.15. The molecule has 0 fully saturated rings. The van der Waals surface area contributed by atoms with Crippen LogP contribution in [0.5, 0.6) is 0 Å². The fourth-order valence-electron chi connectivity index (χ4n) is 1.50. The van der Waals surface area contributed by atoms with Crippen molar-refractivity contribution in [3.8, 4) is 0 Å². The van der Waals surface area contributed by atoms with E-state index < -0.39 is 6.10 Å². The van der Waals surface area contributed by atoms with E-state index in [1.54, 1.807) is 6.20 Å². The molecular formula is C11H11NO2. The summed E-state index contributed by atoms with van der Waals surface area (Å²) in [7, 11) is 0. The molecule has 14 heavy (non-hydrogen) atoms. The van der Waals surface area contributed by atoms with E-state index in [1.807, 2.05) is 24.3 Å². The molecular weight excluding hydrogens is 178 g/mol. The average molecular weight is 189 g/mol. The van der Waals surface area contributed by atoms with Crippen LogP contribution in [-0.2, 0) is 0 Å². The van der Waals surface area contributed by atoms with Gasteiger partial charge in [0.05, 0.1) is 0 Å². The van der Waals surface area contributed by atoms with Gasteiger partial charge in [0, 0.05) is 22.7 Å². The van der Waals surface area contributed by atoms with Crippen LogP contribution in [0, 0.1) is 0 Å². The molecule has 3 nitrogen and oxygen atoms in total. The first kappa shape index (κ1) is 8.97. The number of para-hydroxylation sites is 1. The molecule has 0 bridgehead atoms. The number of H-pyrrole nitrogens is 1. The molecule has 2 N–H and O–H groups in total. The van der Waals surface area contributed by atoms with Crippen LogP contribution >= 0.6 is 0 Å². The Kier molecular flexibility index (Phi) is 2.09. The van der Waals surface area contributed by atoms with E-state index in [4.69, 9.17) is 0 Å². The van der Waals surface area contributed by atoms with Gasteiger partial charge in [-0.15, -0.1) is 0 Å². The number of hydrogen-bond donors (Lipinski definition) is 2. The van der Waals surface area contributed by atoms with E-state index in [0.29, 0.717) is 5.56 Å². The van der Waals surface area contributed by atoms with E-state index in [-0.39, 0.29) is 5.78 Å². The Morgan fingerprint density at radius 1 is 1.43 bits per heavy atom. The Hall–Kier alpha value is -1.61. The smallest absolute Gasteiger partial charge is 0.193 e. The van der Waals surface area contributed by atoms with Gasteiger partial charge in [-0.05, 0) is 13.0 Å². The molecule has 0 amide bonds. The maximum Gasteiger partial charge on any atom is 0.193 e. The molecule has 0 saturated heterocycles. The summed E-state index contributed by atoms with van der Waals surface area (Å²) in [6.07, 6.45) is 0.689. The van der Waals surface area contributed by atoms with E-state index in [9.17, 15) is 9.90 Å². The summed E-state index contributed by atoms with van der Waals surface area (Å²) in [6.45, 7) is 1.48. The molecule has 0 aliphatic rings. The van der Waals surface area contributed by atoms with Gasteiger partial charge in [-0.25, -0.2) is 0 Å². The maximum atomic E-state index is 11.5. The van der Waals surface area contributed by atoms with Crippen molar-refractivity contribution in [2.75, 3.05) is 0 Å². The molecule has 0 spiro atoms. The number of fused-ring (bicyclic) bond motifs is 1. The molecule has 0 radical (unpaired) electrons. The summed E-state index contributed by atoms with van der Waals surface area (Å²) in [4.78, 5) is 14.5. The van der Waals surface area contributed by atoms with Crippen molar-refractivity contribution in [1.29, 1.82) is 0 Å². The van der Waals surface area contributed by atoms with Crippen LogP contribution in [0.4, 0.5) is 0 Å². The lowest BCUT2D eigenvalue weighted by Gasteiger charge is -2.00. The summed E-state index contributed by atoms with van der Waals surface area (Å²) >= 11 is 0. The molecule has 3 heteroatoms. The van der Waals surface area contributed by atoms with Gasteiger partial charge in [-0.3, -0.25) is 4.79 Å². The van der Waals surface area contributed by atoms with Crippen LogP contribution in [0.2, 0.25) is 0 Å². The molecule has 0 aliphatic heterocycles.